The van der Waals surface area contributed by atoms with Gasteiger partial charge < -0.3 is 9.64 Å². The highest BCUT2D eigenvalue weighted by atomic mass is 16.5. The monoisotopic (exact) mass is 255 g/mol. The molecule has 98 valence electrons. The van der Waals surface area contributed by atoms with Crippen LogP contribution in [0.4, 0.5) is 11.5 Å². The van der Waals surface area contributed by atoms with Gasteiger partial charge in [0.25, 0.3) is 0 Å². The highest BCUT2D eigenvalue weighted by Crippen LogP contribution is 2.31. The number of hydrogen-bond donors (Lipinski definition) is 0. The molecule has 0 spiro atoms. The zero-order valence-electron chi connectivity index (χ0n) is 11.3. The number of aryl methyl sites for hydroxylation is 1. The van der Waals surface area contributed by atoms with Gasteiger partial charge in [0.2, 0.25) is 0 Å². The van der Waals surface area contributed by atoms with Crippen molar-refractivity contribution in [2.75, 3.05) is 19.1 Å². The number of rotatable bonds is 3. The quantitative estimate of drug-likeness (QED) is 0.845. The van der Waals surface area contributed by atoms with Crippen molar-refractivity contribution in [1.82, 2.24) is 9.97 Å². The summed E-state index contributed by atoms with van der Waals surface area (Å²) in [5.41, 5.74) is 3.60. The number of benzene rings is 1. The third kappa shape index (κ3) is 2.14. The highest BCUT2D eigenvalue weighted by molar-refractivity contribution is 5.63. The van der Waals surface area contributed by atoms with Crippen LogP contribution in [0.3, 0.4) is 0 Å². The van der Waals surface area contributed by atoms with Crippen molar-refractivity contribution < 1.29 is 4.74 Å². The molecule has 0 radical (unpaired) electrons. The van der Waals surface area contributed by atoms with E-state index in [-0.39, 0.29) is 0 Å². The van der Waals surface area contributed by atoms with Crippen LogP contribution >= 0.6 is 0 Å². The number of hydrogen-bond acceptors (Lipinski definition) is 4. The van der Waals surface area contributed by atoms with Crippen LogP contribution in [0, 0.1) is 0 Å². The van der Waals surface area contributed by atoms with E-state index in [1.54, 1.807) is 13.4 Å². The molecule has 1 aromatic carbocycles. The molecule has 1 heterocycles. The molecule has 0 unspecified atom stereocenters. The highest BCUT2D eigenvalue weighted by Gasteiger charge is 2.19. The molecule has 0 saturated carbocycles. The Bertz CT molecular complexity index is 580. The Morgan fingerprint density at radius 3 is 2.63 bits per heavy atom. The molecule has 4 heteroatoms. The number of anilines is 2. The fourth-order valence-corrected chi connectivity index (χ4v) is 2.56. The van der Waals surface area contributed by atoms with Crippen molar-refractivity contribution in [2.24, 2.45) is 0 Å². The van der Waals surface area contributed by atoms with Crippen LogP contribution in [0.2, 0.25) is 0 Å². The molecule has 2 aromatic rings. The summed E-state index contributed by atoms with van der Waals surface area (Å²) in [4.78, 5) is 10.9. The lowest BCUT2D eigenvalue weighted by Crippen LogP contribution is -2.14. The van der Waals surface area contributed by atoms with Gasteiger partial charge in [-0.25, -0.2) is 9.97 Å². The lowest BCUT2D eigenvalue weighted by molar-refractivity contribution is 0.415. The van der Waals surface area contributed by atoms with Crippen LogP contribution in [0.15, 0.2) is 30.6 Å². The van der Waals surface area contributed by atoms with E-state index >= 15 is 0 Å². The second-order valence-corrected chi connectivity index (χ2v) is 4.73. The average Bonchev–Trinajstić information content (AvgIpc) is 2.95. The first-order valence-corrected chi connectivity index (χ1v) is 6.50. The van der Waals surface area contributed by atoms with Crippen molar-refractivity contribution in [3.8, 4) is 5.75 Å². The van der Waals surface area contributed by atoms with E-state index in [1.807, 2.05) is 31.3 Å². The molecule has 0 N–H and O–H groups in total. The third-order valence-corrected chi connectivity index (χ3v) is 3.63. The second kappa shape index (κ2) is 4.88. The Kier molecular flexibility index (Phi) is 3.07. The predicted octanol–water partition coefficient (Wildman–Crippen LogP) is 2.74. The molecule has 0 amide bonds. The van der Waals surface area contributed by atoms with Gasteiger partial charge in [0, 0.05) is 24.0 Å². The summed E-state index contributed by atoms with van der Waals surface area (Å²) in [5.74, 6) is 1.89. The van der Waals surface area contributed by atoms with Gasteiger partial charge in [-0.15, -0.1) is 0 Å². The van der Waals surface area contributed by atoms with Crippen molar-refractivity contribution >= 4 is 11.5 Å². The van der Waals surface area contributed by atoms with Gasteiger partial charge in [-0.3, -0.25) is 0 Å². The molecular weight excluding hydrogens is 238 g/mol. The standard InChI is InChI=1S/C15H17N3O/c1-18(11-6-8-12(19-2)9-7-11)15-13-4-3-5-14(13)16-10-17-15/h6-10H,3-5H2,1-2H3. The first kappa shape index (κ1) is 12.0. The van der Waals surface area contributed by atoms with Crippen LogP contribution < -0.4 is 9.64 Å². The molecule has 1 aliphatic carbocycles. The number of ether oxygens (including phenoxy) is 1. The largest absolute Gasteiger partial charge is 0.497 e. The van der Waals surface area contributed by atoms with Crippen LogP contribution in [0.25, 0.3) is 0 Å². The lowest BCUT2D eigenvalue weighted by atomic mass is 10.2. The number of nitrogens with zero attached hydrogens (tertiary/aromatic N) is 3. The molecule has 1 aromatic heterocycles. The summed E-state index contributed by atoms with van der Waals surface area (Å²) in [7, 11) is 3.72. The van der Waals surface area contributed by atoms with Gasteiger partial charge in [-0.05, 0) is 43.5 Å². The summed E-state index contributed by atoms with van der Waals surface area (Å²) in [6, 6.07) is 8.02. The maximum Gasteiger partial charge on any atom is 0.139 e. The SMILES string of the molecule is COc1ccc(N(C)c2ncnc3c2CCC3)cc1. The van der Waals surface area contributed by atoms with E-state index in [9.17, 15) is 0 Å². The molecule has 0 aliphatic heterocycles. The molecule has 3 rings (SSSR count). The normalized spacial score (nSPS) is 13.2. The van der Waals surface area contributed by atoms with Crippen molar-refractivity contribution in [2.45, 2.75) is 19.3 Å². The van der Waals surface area contributed by atoms with Crippen LogP contribution in [-0.4, -0.2) is 24.1 Å². The maximum atomic E-state index is 5.18. The maximum absolute atomic E-state index is 5.18. The minimum absolute atomic E-state index is 0.866. The molecule has 0 fully saturated rings. The van der Waals surface area contributed by atoms with E-state index < -0.39 is 0 Å². The minimum Gasteiger partial charge on any atom is -0.497 e. The molecule has 0 saturated heterocycles. The van der Waals surface area contributed by atoms with Crippen LogP contribution in [0.5, 0.6) is 5.75 Å². The van der Waals surface area contributed by atoms with Crippen molar-refractivity contribution in [3.05, 3.63) is 41.9 Å². The fourth-order valence-electron chi connectivity index (χ4n) is 2.56. The van der Waals surface area contributed by atoms with Gasteiger partial charge in [0.15, 0.2) is 0 Å². The Morgan fingerprint density at radius 1 is 1.11 bits per heavy atom. The Hall–Kier alpha value is -2.10. The molecule has 0 bridgehead atoms. The van der Waals surface area contributed by atoms with E-state index in [4.69, 9.17) is 4.74 Å². The summed E-state index contributed by atoms with van der Waals surface area (Å²) in [6.45, 7) is 0. The molecule has 0 atom stereocenters. The first-order chi connectivity index (χ1) is 9.29. The van der Waals surface area contributed by atoms with Gasteiger partial charge in [-0.1, -0.05) is 0 Å². The van der Waals surface area contributed by atoms with Gasteiger partial charge in [0.1, 0.15) is 17.9 Å². The molecule has 4 nitrogen and oxygen atoms in total. The van der Waals surface area contributed by atoms with Crippen molar-refractivity contribution in [3.63, 3.8) is 0 Å². The number of fused-ring (bicyclic) bond motifs is 1. The zero-order valence-corrected chi connectivity index (χ0v) is 11.3. The lowest BCUT2D eigenvalue weighted by Gasteiger charge is -2.21. The van der Waals surface area contributed by atoms with Crippen molar-refractivity contribution in [1.29, 1.82) is 0 Å². The van der Waals surface area contributed by atoms with Crippen LogP contribution in [-0.2, 0) is 12.8 Å². The second-order valence-electron chi connectivity index (χ2n) is 4.73. The number of methoxy groups -OCH3 is 1. The van der Waals surface area contributed by atoms with Gasteiger partial charge in [0.05, 0.1) is 7.11 Å². The average molecular weight is 255 g/mol. The molecule has 19 heavy (non-hydrogen) atoms. The third-order valence-electron chi connectivity index (χ3n) is 3.63. The minimum atomic E-state index is 0.866. The summed E-state index contributed by atoms with van der Waals surface area (Å²) in [6.07, 6.45) is 4.99. The fraction of sp³-hybridized carbons (Fsp3) is 0.333. The smallest absolute Gasteiger partial charge is 0.139 e. The Morgan fingerprint density at radius 2 is 1.89 bits per heavy atom. The van der Waals surface area contributed by atoms with Crippen LogP contribution in [0.1, 0.15) is 17.7 Å². The van der Waals surface area contributed by atoms with Gasteiger partial charge in [-0.2, -0.15) is 0 Å². The van der Waals surface area contributed by atoms with Gasteiger partial charge >= 0.3 is 0 Å². The summed E-state index contributed by atoms with van der Waals surface area (Å²) in [5, 5.41) is 0. The van der Waals surface area contributed by atoms with E-state index in [0.29, 0.717) is 0 Å². The van der Waals surface area contributed by atoms with E-state index in [0.717, 1.165) is 30.1 Å². The van der Waals surface area contributed by atoms with E-state index in [1.165, 1.54) is 17.7 Å². The Balaban J connectivity index is 1.95. The first-order valence-electron chi connectivity index (χ1n) is 6.50. The zero-order chi connectivity index (χ0) is 13.2. The summed E-state index contributed by atoms with van der Waals surface area (Å²) >= 11 is 0. The summed E-state index contributed by atoms with van der Waals surface area (Å²) < 4.78 is 5.18. The molecular formula is C15H17N3O. The number of aromatic nitrogens is 2. The molecule has 1 aliphatic rings. The Labute approximate surface area is 113 Å². The predicted molar refractivity (Wildman–Crippen MR) is 75.1 cm³/mol. The van der Waals surface area contributed by atoms with E-state index in [2.05, 4.69) is 14.9 Å². The topological polar surface area (TPSA) is 38.2 Å².